The number of nitrogens with one attached hydrogen (secondary N) is 1. The van der Waals surface area contributed by atoms with E-state index in [0.29, 0.717) is 5.92 Å². The lowest BCUT2D eigenvalue weighted by Crippen LogP contribution is -2.04. The fourth-order valence-electron chi connectivity index (χ4n) is 4.68. The van der Waals surface area contributed by atoms with E-state index in [0.717, 1.165) is 42.9 Å². The molecule has 1 heterocycles. The lowest BCUT2D eigenvalue weighted by atomic mass is 9.96. The molecule has 0 amide bonds. The Hall–Kier alpha value is -3.27. The second-order valence-corrected chi connectivity index (χ2v) is 8.04. The number of methoxy groups -OCH3 is 1. The van der Waals surface area contributed by atoms with Gasteiger partial charge in [0.25, 0.3) is 0 Å². The summed E-state index contributed by atoms with van der Waals surface area (Å²) in [6, 6.07) is 19.7. The minimum Gasteiger partial charge on any atom is -0.497 e. The standard InChI is InChI=1S/C26H26N2O2/c1-3-27-25-16-30-28-26(25)22-12-18-9-8-17(10-20(18)13-22)11-21-15-23(29-2)14-19-6-4-5-7-24(19)21/h4-10,14-16,22,27H,3,11-13H2,1-2H3. The Morgan fingerprint density at radius 2 is 1.93 bits per heavy atom. The van der Waals surface area contributed by atoms with Crippen molar-refractivity contribution in [2.75, 3.05) is 19.0 Å². The van der Waals surface area contributed by atoms with E-state index in [1.807, 2.05) is 0 Å². The van der Waals surface area contributed by atoms with Crippen LogP contribution in [0.1, 0.15) is 40.8 Å². The number of rotatable bonds is 6. The molecule has 0 saturated heterocycles. The molecule has 1 aromatic heterocycles. The Labute approximate surface area is 176 Å². The van der Waals surface area contributed by atoms with E-state index in [9.17, 15) is 0 Å². The van der Waals surface area contributed by atoms with Crippen molar-refractivity contribution in [1.29, 1.82) is 0 Å². The van der Waals surface area contributed by atoms with Crippen LogP contribution in [0, 0.1) is 0 Å². The average molecular weight is 399 g/mol. The van der Waals surface area contributed by atoms with Gasteiger partial charge in [-0.15, -0.1) is 0 Å². The van der Waals surface area contributed by atoms with Crippen LogP contribution < -0.4 is 10.1 Å². The molecule has 0 fully saturated rings. The first-order valence-electron chi connectivity index (χ1n) is 10.6. The number of benzene rings is 3. The van der Waals surface area contributed by atoms with Gasteiger partial charge in [-0.05, 0) is 71.3 Å². The van der Waals surface area contributed by atoms with Gasteiger partial charge in [0.15, 0.2) is 0 Å². The monoisotopic (exact) mass is 398 g/mol. The van der Waals surface area contributed by atoms with Crippen LogP contribution in [0.15, 0.2) is 65.4 Å². The summed E-state index contributed by atoms with van der Waals surface area (Å²) in [6.45, 7) is 2.96. The minimum absolute atomic E-state index is 0.376. The van der Waals surface area contributed by atoms with Crippen molar-refractivity contribution in [3.05, 3.63) is 88.8 Å². The lowest BCUT2D eigenvalue weighted by molar-refractivity contribution is 0.405. The number of nitrogens with zero attached hydrogens (tertiary/aromatic N) is 1. The summed E-state index contributed by atoms with van der Waals surface area (Å²) < 4.78 is 10.8. The van der Waals surface area contributed by atoms with E-state index in [2.05, 4.69) is 72.0 Å². The molecule has 152 valence electrons. The zero-order valence-corrected chi connectivity index (χ0v) is 17.4. The second-order valence-electron chi connectivity index (χ2n) is 8.04. The zero-order chi connectivity index (χ0) is 20.5. The third-order valence-corrected chi connectivity index (χ3v) is 6.11. The molecular formula is C26H26N2O2. The Morgan fingerprint density at radius 1 is 1.07 bits per heavy atom. The van der Waals surface area contributed by atoms with Crippen molar-refractivity contribution in [1.82, 2.24) is 5.16 Å². The first kappa shape index (κ1) is 18.7. The maximum Gasteiger partial charge on any atom is 0.147 e. The highest BCUT2D eigenvalue weighted by Gasteiger charge is 2.27. The molecule has 0 bridgehead atoms. The molecular weight excluding hydrogens is 372 g/mol. The highest BCUT2D eigenvalue weighted by atomic mass is 16.5. The van der Waals surface area contributed by atoms with Crippen LogP contribution in [0.2, 0.25) is 0 Å². The molecule has 1 aliphatic rings. The number of ether oxygens (including phenoxy) is 1. The van der Waals surface area contributed by atoms with Crippen molar-refractivity contribution in [3.8, 4) is 5.75 Å². The molecule has 1 atom stereocenters. The average Bonchev–Trinajstić information content (AvgIpc) is 3.40. The van der Waals surface area contributed by atoms with E-state index < -0.39 is 0 Å². The predicted octanol–water partition coefficient (Wildman–Crippen LogP) is 5.74. The highest BCUT2D eigenvalue weighted by Crippen LogP contribution is 2.37. The molecule has 1 N–H and O–H groups in total. The maximum absolute atomic E-state index is 5.54. The number of anilines is 1. The SMILES string of the molecule is CCNc1conc1C1Cc2ccc(Cc3cc(OC)cc4ccccc34)cc2C1. The van der Waals surface area contributed by atoms with E-state index in [4.69, 9.17) is 9.26 Å². The third kappa shape index (κ3) is 3.43. The van der Waals surface area contributed by atoms with Gasteiger partial charge in [-0.2, -0.15) is 0 Å². The van der Waals surface area contributed by atoms with Crippen molar-refractivity contribution in [3.63, 3.8) is 0 Å². The van der Waals surface area contributed by atoms with Crippen LogP contribution >= 0.6 is 0 Å². The van der Waals surface area contributed by atoms with E-state index in [1.54, 1.807) is 13.4 Å². The summed E-state index contributed by atoms with van der Waals surface area (Å²) in [5.74, 6) is 1.28. The summed E-state index contributed by atoms with van der Waals surface area (Å²) in [5.41, 5.74) is 7.55. The summed E-state index contributed by atoms with van der Waals surface area (Å²) in [6.07, 6.45) is 4.64. The van der Waals surface area contributed by atoms with Crippen LogP contribution in [0.25, 0.3) is 10.8 Å². The van der Waals surface area contributed by atoms with Gasteiger partial charge < -0.3 is 14.6 Å². The van der Waals surface area contributed by atoms with Crippen molar-refractivity contribution in [2.24, 2.45) is 0 Å². The van der Waals surface area contributed by atoms with Crippen molar-refractivity contribution < 1.29 is 9.26 Å². The van der Waals surface area contributed by atoms with E-state index in [-0.39, 0.29) is 0 Å². The molecule has 0 saturated carbocycles. The molecule has 4 aromatic rings. The molecule has 5 rings (SSSR count). The van der Waals surface area contributed by atoms with Crippen LogP contribution in [-0.4, -0.2) is 18.8 Å². The van der Waals surface area contributed by atoms with Crippen LogP contribution in [0.3, 0.4) is 0 Å². The van der Waals surface area contributed by atoms with Gasteiger partial charge in [-0.25, -0.2) is 0 Å². The molecule has 30 heavy (non-hydrogen) atoms. The summed E-state index contributed by atoms with van der Waals surface area (Å²) >= 11 is 0. The Bertz CT molecular complexity index is 1190. The molecule has 0 aliphatic heterocycles. The summed E-state index contributed by atoms with van der Waals surface area (Å²) in [7, 11) is 1.73. The highest BCUT2D eigenvalue weighted by molar-refractivity contribution is 5.87. The quantitative estimate of drug-likeness (QED) is 0.450. The van der Waals surface area contributed by atoms with Gasteiger partial charge in [0.2, 0.25) is 0 Å². The number of hydrogen-bond donors (Lipinski definition) is 1. The normalized spacial score (nSPS) is 15.3. The fraction of sp³-hybridized carbons (Fsp3) is 0.269. The molecule has 0 radical (unpaired) electrons. The molecule has 0 spiro atoms. The number of hydrogen-bond acceptors (Lipinski definition) is 4. The van der Waals surface area contributed by atoms with Gasteiger partial charge in [0, 0.05) is 12.5 Å². The first-order chi connectivity index (χ1) is 14.7. The van der Waals surface area contributed by atoms with Gasteiger partial charge in [0.05, 0.1) is 12.8 Å². The Kier molecular flexibility index (Phi) is 4.91. The second kappa shape index (κ2) is 7.86. The largest absolute Gasteiger partial charge is 0.497 e. The molecule has 4 nitrogen and oxygen atoms in total. The summed E-state index contributed by atoms with van der Waals surface area (Å²) in [5, 5.41) is 10.2. The molecule has 4 heteroatoms. The molecule has 1 aliphatic carbocycles. The van der Waals surface area contributed by atoms with Crippen LogP contribution in [0.5, 0.6) is 5.75 Å². The zero-order valence-electron chi connectivity index (χ0n) is 17.4. The van der Waals surface area contributed by atoms with Crippen molar-refractivity contribution >= 4 is 16.5 Å². The van der Waals surface area contributed by atoms with Gasteiger partial charge in [0.1, 0.15) is 17.7 Å². The van der Waals surface area contributed by atoms with Crippen LogP contribution in [-0.2, 0) is 19.3 Å². The smallest absolute Gasteiger partial charge is 0.147 e. The predicted molar refractivity (Wildman–Crippen MR) is 121 cm³/mol. The van der Waals surface area contributed by atoms with Crippen LogP contribution in [0.4, 0.5) is 5.69 Å². The molecule has 1 unspecified atom stereocenters. The lowest BCUT2D eigenvalue weighted by Gasteiger charge is -2.11. The Morgan fingerprint density at radius 3 is 2.80 bits per heavy atom. The van der Waals surface area contributed by atoms with E-state index >= 15 is 0 Å². The first-order valence-corrected chi connectivity index (χ1v) is 10.6. The minimum atomic E-state index is 0.376. The fourth-order valence-corrected chi connectivity index (χ4v) is 4.68. The number of fused-ring (bicyclic) bond motifs is 2. The maximum atomic E-state index is 5.54. The number of aromatic nitrogens is 1. The topological polar surface area (TPSA) is 47.3 Å². The van der Waals surface area contributed by atoms with Crippen molar-refractivity contribution in [2.45, 2.75) is 32.1 Å². The van der Waals surface area contributed by atoms with Gasteiger partial charge in [-0.1, -0.05) is 47.6 Å². The Balaban J connectivity index is 1.42. The van der Waals surface area contributed by atoms with Gasteiger partial charge in [-0.3, -0.25) is 0 Å². The van der Waals surface area contributed by atoms with E-state index in [1.165, 1.54) is 33.0 Å². The summed E-state index contributed by atoms with van der Waals surface area (Å²) in [4.78, 5) is 0. The van der Waals surface area contributed by atoms with Gasteiger partial charge >= 0.3 is 0 Å². The molecule has 3 aromatic carbocycles. The third-order valence-electron chi connectivity index (χ3n) is 6.11.